The van der Waals surface area contributed by atoms with Crippen molar-refractivity contribution in [2.75, 3.05) is 6.61 Å². The topological polar surface area (TPSA) is 72.8 Å². The van der Waals surface area contributed by atoms with Gasteiger partial charge in [0.2, 0.25) is 0 Å². The van der Waals surface area contributed by atoms with Gasteiger partial charge in [-0.05, 0) is 26.3 Å². The molecule has 0 fully saturated rings. The van der Waals surface area contributed by atoms with E-state index in [4.69, 9.17) is 9.47 Å². The summed E-state index contributed by atoms with van der Waals surface area (Å²) in [5.74, 6) is -1.76. The highest BCUT2D eigenvalue weighted by atomic mass is 16.6. The van der Waals surface area contributed by atoms with Crippen LogP contribution in [0.3, 0.4) is 0 Å². The van der Waals surface area contributed by atoms with Gasteiger partial charge in [-0.3, -0.25) is 0 Å². The van der Waals surface area contributed by atoms with Crippen LogP contribution in [0.5, 0.6) is 0 Å². The summed E-state index contributed by atoms with van der Waals surface area (Å²) in [7, 11) is 0. The van der Waals surface area contributed by atoms with Gasteiger partial charge >= 0.3 is 5.97 Å². The molecule has 0 unspecified atom stereocenters. The van der Waals surface area contributed by atoms with E-state index in [1.165, 1.54) is 0 Å². The predicted octanol–water partition coefficient (Wildman–Crippen LogP) is 1.72. The van der Waals surface area contributed by atoms with Gasteiger partial charge in [0.1, 0.15) is 11.9 Å². The van der Waals surface area contributed by atoms with Crippen LogP contribution in [0.4, 0.5) is 0 Å². The van der Waals surface area contributed by atoms with E-state index in [9.17, 15) is 14.7 Å². The molecule has 1 aromatic rings. The quantitative estimate of drug-likeness (QED) is 0.612. The Morgan fingerprint density at radius 3 is 2.43 bits per heavy atom. The molecule has 21 heavy (non-hydrogen) atoms. The van der Waals surface area contributed by atoms with Crippen LogP contribution in [0.2, 0.25) is 0 Å². The first-order valence-corrected chi connectivity index (χ1v) is 6.81. The molecule has 1 rings (SSSR count). The molecule has 0 radical (unpaired) electrons. The first-order valence-electron chi connectivity index (χ1n) is 6.81. The lowest BCUT2D eigenvalue weighted by molar-refractivity contribution is -0.170. The van der Waals surface area contributed by atoms with Crippen LogP contribution in [0, 0.1) is 5.92 Å². The third-order valence-electron chi connectivity index (χ3n) is 2.65. The molecular formula is C16H22O5. The van der Waals surface area contributed by atoms with Crippen molar-refractivity contribution in [3.8, 4) is 0 Å². The summed E-state index contributed by atoms with van der Waals surface area (Å²) in [5, 5.41) is 9.85. The van der Waals surface area contributed by atoms with Gasteiger partial charge in [0.15, 0.2) is 6.10 Å². The Kier molecular flexibility index (Phi) is 6.52. The Morgan fingerprint density at radius 2 is 1.90 bits per heavy atom. The van der Waals surface area contributed by atoms with E-state index in [0.717, 1.165) is 5.56 Å². The first kappa shape index (κ1) is 17.3. The van der Waals surface area contributed by atoms with Crippen molar-refractivity contribution in [1.82, 2.24) is 0 Å². The van der Waals surface area contributed by atoms with Crippen molar-refractivity contribution in [2.45, 2.75) is 39.1 Å². The molecule has 1 aromatic carbocycles. The summed E-state index contributed by atoms with van der Waals surface area (Å²) in [6.45, 7) is 5.35. The number of aliphatic hydroxyl groups excluding tert-OH is 1. The fourth-order valence-electron chi connectivity index (χ4n) is 1.63. The van der Waals surface area contributed by atoms with Crippen molar-refractivity contribution in [3.63, 3.8) is 0 Å². The second-order valence-electron chi connectivity index (χ2n) is 5.78. The van der Waals surface area contributed by atoms with Gasteiger partial charge < -0.3 is 19.4 Å². The molecule has 2 atom stereocenters. The zero-order valence-electron chi connectivity index (χ0n) is 12.6. The van der Waals surface area contributed by atoms with Crippen LogP contribution in [-0.4, -0.2) is 35.7 Å². The van der Waals surface area contributed by atoms with Crippen LogP contribution < -0.4 is 0 Å². The lowest BCUT2D eigenvalue weighted by Crippen LogP contribution is -2.38. The number of rotatable bonds is 7. The average molecular weight is 294 g/mol. The molecule has 0 aliphatic heterocycles. The summed E-state index contributed by atoms with van der Waals surface area (Å²) in [4.78, 5) is 22.7. The van der Waals surface area contributed by atoms with Crippen LogP contribution in [0.25, 0.3) is 0 Å². The van der Waals surface area contributed by atoms with Crippen LogP contribution in [0.15, 0.2) is 30.3 Å². The summed E-state index contributed by atoms with van der Waals surface area (Å²) in [5.41, 5.74) is 0.241. The normalized spacial score (nSPS) is 14.3. The standard InChI is InChI=1S/C16H22O5/c1-16(2,3)21-15(19)14(18)13(9-17)11-20-10-12-7-5-4-6-8-12/h4-9,13-14,18H,10-11H2,1-3H3/t13-,14-/m1/s1. The largest absolute Gasteiger partial charge is 0.458 e. The number of esters is 1. The molecule has 5 nitrogen and oxygen atoms in total. The van der Waals surface area contributed by atoms with Crippen molar-refractivity contribution in [2.24, 2.45) is 5.92 Å². The first-order chi connectivity index (χ1) is 9.83. The van der Waals surface area contributed by atoms with Crippen molar-refractivity contribution in [1.29, 1.82) is 0 Å². The van der Waals surface area contributed by atoms with Crippen molar-refractivity contribution >= 4 is 12.3 Å². The number of hydrogen-bond acceptors (Lipinski definition) is 5. The highest BCUT2D eigenvalue weighted by Gasteiger charge is 2.30. The van der Waals surface area contributed by atoms with Gasteiger partial charge in [0.05, 0.1) is 19.1 Å². The summed E-state index contributed by atoms with van der Waals surface area (Å²) < 4.78 is 10.4. The third-order valence-corrected chi connectivity index (χ3v) is 2.65. The van der Waals surface area contributed by atoms with E-state index in [-0.39, 0.29) is 6.61 Å². The SMILES string of the molecule is CC(C)(C)OC(=O)[C@H](O)[C@H](C=O)COCc1ccccc1. The number of aliphatic hydroxyl groups is 1. The van der Waals surface area contributed by atoms with E-state index in [1.807, 2.05) is 30.3 Å². The molecule has 116 valence electrons. The maximum atomic E-state index is 11.7. The monoisotopic (exact) mass is 294 g/mol. The Balaban J connectivity index is 2.47. The average Bonchev–Trinajstić information content (AvgIpc) is 2.42. The Labute approximate surface area is 124 Å². The van der Waals surface area contributed by atoms with Crippen molar-refractivity contribution in [3.05, 3.63) is 35.9 Å². The Hall–Kier alpha value is -1.72. The Morgan fingerprint density at radius 1 is 1.29 bits per heavy atom. The van der Waals surface area contributed by atoms with Gasteiger partial charge in [0.25, 0.3) is 0 Å². The molecule has 0 heterocycles. The zero-order chi connectivity index (χ0) is 15.9. The van der Waals surface area contributed by atoms with Gasteiger partial charge in [-0.1, -0.05) is 30.3 Å². The van der Waals surface area contributed by atoms with Crippen LogP contribution in [-0.2, 0) is 25.7 Å². The number of carbonyl (C=O) groups is 2. The minimum absolute atomic E-state index is 0.0429. The molecule has 0 aromatic heterocycles. The fourth-order valence-corrected chi connectivity index (χ4v) is 1.63. The van der Waals surface area contributed by atoms with E-state index in [1.54, 1.807) is 20.8 Å². The van der Waals surface area contributed by atoms with Gasteiger partial charge in [-0.2, -0.15) is 0 Å². The highest BCUT2D eigenvalue weighted by Crippen LogP contribution is 2.13. The number of carbonyl (C=O) groups excluding carboxylic acids is 2. The van der Waals surface area contributed by atoms with Gasteiger partial charge in [-0.15, -0.1) is 0 Å². The molecule has 0 aliphatic rings. The van der Waals surface area contributed by atoms with E-state index in [2.05, 4.69) is 0 Å². The summed E-state index contributed by atoms with van der Waals surface area (Å²) in [6.07, 6.45) is -1.00. The maximum absolute atomic E-state index is 11.7. The van der Waals surface area contributed by atoms with Crippen LogP contribution >= 0.6 is 0 Å². The lowest BCUT2D eigenvalue weighted by Gasteiger charge is -2.23. The molecule has 0 saturated carbocycles. The minimum atomic E-state index is -1.52. The number of ether oxygens (including phenoxy) is 2. The number of benzene rings is 1. The molecule has 0 bridgehead atoms. The maximum Gasteiger partial charge on any atom is 0.336 e. The third kappa shape index (κ3) is 6.51. The zero-order valence-corrected chi connectivity index (χ0v) is 12.6. The van der Waals surface area contributed by atoms with Gasteiger partial charge in [-0.25, -0.2) is 4.79 Å². The molecular weight excluding hydrogens is 272 g/mol. The fraction of sp³-hybridized carbons (Fsp3) is 0.500. The molecule has 0 amide bonds. The lowest BCUT2D eigenvalue weighted by atomic mass is 10.1. The van der Waals surface area contributed by atoms with Gasteiger partial charge in [0, 0.05) is 0 Å². The second kappa shape index (κ2) is 7.90. The number of hydrogen-bond donors (Lipinski definition) is 1. The molecule has 0 aliphatic carbocycles. The number of aldehydes is 1. The smallest absolute Gasteiger partial charge is 0.336 e. The minimum Gasteiger partial charge on any atom is -0.458 e. The predicted molar refractivity (Wildman–Crippen MR) is 77.5 cm³/mol. The Bertz CT molecular complexity index is 449. The summed E-state index contributed by atoms with van der Waals surface area (Å²) in [6, 6.07) is 9.43. The van der Waals surface area contributed by atoms with Crippen LogP contribution in [0.1, 0.15) is 26.3 Å². The highest BCUT2D eigenvalue weighted by molar-refractivity contribution is 5.79. The summed E-state index contributed by atoms with van der Waals surface area (Å²) >= 11 is 0. The van der Waals surface area contributed by atoms with E-state index in [0.29, 0.717) is 12.9 Å². The molecule has 0 spiro atoms. The molecule has 1 N–H and O–H groups in total. The second-order valence-corrected chi connectivity index (χ2v) is 5.78. The van der Waals surface area contributed by atoms with Crippen molar-refractivity contribution < 1.29 is 24.2 Å². The molecule has 5 heteroatoms. The molecule has 0 saturated heterocycles. The van der Waals surface area contributed by atoms with E-state index >= 15 is 0 Å². The van der Waals surface area contributed by atoms with E-state index < -0.39 is 23.6 Å².